The van der Waals surface area contributed by atoms with Gasteiger partial charge in [0.25, 0.3) is 0 Å². The number of nitrogens with one attached hydrogen (secondary N) is 1. The van der Waals surface area contributed by atoms with Crippen LogP contribution in [0.2, 0.25) is 0 Å². The van der Waals surface area contributed by atoms with Crippen LogP contribution in [-0.2, 0) is 10.9 Å². The van der Waals surface area contributed by atoms with Crippen molar-refractivity contribution in [3.63, 3.8) is 0 Å². The van der Waals surface area contributed by atoms with Crippen LogP contribution < -0.4 is 10.2 Å². The van der Waals surface area contributed by atoms with E-state index in [1.807, 2.05) is 0 Å². The van der Waals surface area contributed by atoms with Crippen LogP contribution in [0.4, 0.5) is 23.8 Å². The van der Waals surface area contributed by atoms with Gasteiger partial charge in [-0.05, 0) is 39.3 Å². The van der Waals surface area contributed by atoms with Gasteiger partial charge in [-0.25, -0.2) is 9.78 Å². The molecule has 1 atom stereocenters. The van der Waals surface area contributed by atoms with Gasteiger partial charge in [0, 0.05) is 19.3 Å². The van der Waals surface area contributed by atoms with E-state index in [9.17, 15) is 18.0 Å². The lowest BCUT2D eigenvalue weighted by Gasteiger charge is -2.23. The molecule has 0 aromatic carbocycles. The Morgan fingerprint density at radius 1 is 1.39 bits per heavy atom. The molecule has 0 bridgehead atoms. The van der Waals surface area contributed by atoms with E-state index in [1.165, 1.54) is 17.2 Å². The number of anilines is 1. The largest absolute Gasteiger partial charge is 0.444 e. The summed E-state index contributed by atoms with van der Waals surface area (Å²) in [5, 5.41) is 2.68. The Balaban J connectivity index is 2.03. The summed E-state index contributed by atoms with van der Waals surface area (Å²) >= 11 is 0. The van der Waals surface area contributed by atoms with Gasteiger partial charge in [-0.3, -0.25) is 0 Å². The standard InChI is InChI=1S/C15H20F3N3O2/c1-14(2,3)23-13(22)20-10-6-8-21(9-10)12-11(15(16,17)18)5-4-7-19-12/h4-5,7,10H,6,8-9H2,1-3H3,(H,20,22)/t10-/m1/s1. The lowest BCUT2D eigenvalue weighted by atomic mass is 10.2. The van der Waals surface area contributed by atoms with Crippen LogP contribution in [0.25, 0.3) is 0 Å². The molecular formula is C15H20F3N3O2. The van der Waals surface area contributed by atoms with Crippen LogP contribution in [0.3, 0.4) is 0 Å². The topological polar surface area (TPSA) is 54.5 Å². The molecular weight excluding hydrogens is 311 g/mol. The molecule has 1 N–H and O–H groups in total. The molecule has 1 amide bonds. The Hall–Kier alpha value is -1.99. The normalized spacial score (nSPS) is 18.9. The van der Waals surface area contributed by atoms with Gasteiger partial charge in [-0.2, -0.15) is 13.2 Å². The number of hydrogen-bond acceptors (Lipinski definition) is 4. The van der Waals surface area contributed by atoms with Gasteiger partial charge in [-0.15, -0.1) is 0 Å². The highest BCUT2D eigenvalue weighted by Crippen LogP contribution is 2.36. The number of hydrogen-bond donors (Lipinski definition) is 1. The predicted octanol–water partition coefficient (Wildman–Crippen LogP) is 3.20. The van der Waals surface area contributed by atoms with Crippen molar-refractivity contribution in [2.45, 2.75) is 45.0 Å². The Morgan fingerprint density at radius 2 is 2.09 bits per heavy atom. The third-order valence-electron chi connectivity index (χ3n) is 3.30. The fraction of sp³-hybridized carbons (Fsp3) is 0.600. The van der Waals surface area contributed by atoms with Crippen molar-refractivity contribution in [2.24, 2.45) is 0 Å². The summed E-state index contributed by atoms with van der Waals surface area (Å²) in [6.07, 6.45) is -3.16. The number of pyridine rings is 1. The van der Waals surface area contributed by atoms with Crippen molar-refractivity contribution >= 4 is 11.9 Å². The number of carbonyl (C=O) groups is 1. The Labute approximate surface area is 132 Å². The first-order chi connectivity index (χ1) is 10.6. The second-order valence-electron chi connectivity index (χ2n) is 6.45. The summed E-state index contributed by atoms with van der Waals surface area (Å²) in [4.78, 5) is 17.1. The summed E-state index contributed by atoms with van der Waals surface area (Å²) in [5.41, 5.74) is -1.38. The zero-order valence-corrected chi connectivity index (χ0v) is 13.3. The number of nitrogens with zero attached hydrogens (tertiary/aromatic N) is 2. The van der Waals surface area contributed by atoms with Crippen molar-refractivity contribution < 1.29 is 22.7 Å². The highest BCUT2D eigenvalue weighted by molar-refractivity contribution is 5.68. The van der Waals surface area contributed by atoms with Crippen LogP contribution in [-0.4, -0.2) is 35.8 Å². The van der Waals surface area contributed by atoms with E-state index >= 15 is 0 Å². The van der Waals surface area contributed by atoms with Gasteiger partial charge in [0.15, 0.2) is 0 Å². The quantitative estimate of drug-likeness (QED) is 0.904. The van der Waals surface area contributed by atoms with E-state index in [1.54, 1.807) is 20.8 Å². The number of ether oxygens (including phenoxy) is 1. The average Bonchev–Trinajstić information content (AvgIpc) is 2.83. The molecule has 1 aliphatic heterocycles. The number of alkyl carbamates (subject to hydrolysis) is 1. The van der Waals surface area contributed by atoms with E-state index in [4.69, 9.17) is 4.74 Å². The van der Waals surface area contributed by atoms with Gasteiger partial charge in [0.2, 0.25) is 0 Å². The lowest BCUT2D eigenvalue weighted by Crippen LogP contribution is -2.40. The van der Waals surface area contributed by atoms with Crippen molar-refractivity contribution in [1.82, 2.24) is 10.3 Å². The summed E-state index contributed by atoms with van der Waals surface area (Å²) < 4.78 is 44.3. The zero-order chi connectivity index (χ0) is 17.3. The van der Waals surface area contributed by atoms with Gasteiger partial charge in [-0.1, -0.05) is 0 Å². The maximum atomic E-state index is 13.0. The second kappa shape index (κ2) is 6.25. The minimum absolute atomic E-state index is 0.103. The third-order valence-corrected chi connectivity index (χ3v) is 3.30. The van der Waals surface area contributed by atoms with E-state index in [0.717, 1.165) is 6.07 Å². The fourth-order valence-electron chi connectivity index (χ4n) is 2.41. The van der Waals surface area contributed by atoms with Crippen molar-refractivity contribution in [3.05, 3.63) is 23.9 Å². The van der Waals surface area contributed by atoms with Gasteiger partial charge < -0.3 is 15.0 Å². The summed E-state index contributed by atoms with van der Waals surface area (Å²) in [7, 11) is 0. The Morgan fingerprint density at radius 3 is 2.70 bits per heavy atom. The molecule has 0 aliphatic carbocycles. The average molecular weight is 331 g/mol. The summed E-state index contributed by atoms with van der Waals surface area (Å²) in [6.45, 7) is 5.89. The van der Waals surface area contributed by atoms with Crippen molar-refractivity contribution in [1.29, 1.82) is 0 Å². The van der Waals surface area contributed by atoms with Crippen LogP contribution in [0.15, 0.2) is 18.3 Å². The minimum Gasteiger partial charge on any atom is -0.444 e. The maximum Gasteiger partial charge on any atom is 0.419 e. The van der Waals surface area contributed by atoms with Gasteiger partial charge >= 0.3 is 12.3 Å². The highest BCUT2D eigenvalue weighted by Gasteiger charge is 2.37. The van der Waals surface area contributed by atoms with Crippen molar-refractivity contribution in [3.8, 4) is 0 Å². The van der Waals surface area contributed by atoms with E-state index in [2.05, 4.69) is 10.3 Å². The number of carbonyl (C=O) groups excluding carboxylic acids is 1. The monoisotopic (exact) mass is 331 g/mol. The predicted molar refractivity (Wildman–Crippen MR) is 79.2 cm³/mol. The van der Waals surface area contributed by atoms with Crippen LogP contribution in [0.1, 0.15) is 32.8 Å². The smallest absolute Gasteiger partial charge is 0.419 e. The molecule has 2 heterocycles. The molecule has 1 aromatic rings. The Kier molecular flexibility index (Phi) is 4.72. The van der Waals surface area contributed by atoms with E-state index in [0.29, 0.717) is 13.0 Å². The molecule has 0 unspecified atom stereocenters. The van der Waals surface area contributed by atoms with Crippen LogP contribution >= 0.6 is 0 Å². The first-order valence-corrected chi connectivity index (χ1v) is 7.33. The highest BCUT2D eigenvalue weighted by atomic mass is 19.4. The SMILES string of the molecule is CC(C)(C)OC(=O)N[C@@H]1CCN(c2ncccc2C(F)(F)F)C1. The molecule has 1 saturated heterocycles. The number of alkyl halides is 3. The molecule has 1 fully saturated rings. The number of halogens is 3. The minimum atomic E-state index is -4.46. The van der Waals surface area contributed by atoms with Crippen LogP contribution in [0.5, 0.6) is 0 Å². The molecule has 23 heavy (non-hydrogen) atoms. The molecule has 5 nitrogen and oxygen atoms in total. The summed E-state index contributed by atoms with van der Waals surface area (Å²) in [5.74, 6) is -0.103. The molecule has 0 radical (unpaired) electrons. The summed E-state index contributed by atoms with van der Waals surface area (Å²) in [6, 6.07) is 2.00. The second-order valence-corrected chi connectivity index (χ2v) is 6.45. The van der Waals surface area contributed by atoms with E-state index < -0.39 is 23.4 Å². The molecule has 0 spiro atoms. The maximum absolute atomic E-state index is 13.0. The first-order valence-electron chi connectivity index (χ1n) is 7.33. The third kappa shape index (κ3) is 4.74. The fourth-order valence-corrected chi connectivity index (χ4v) is 2.41. The van der Waals surface area contributed by atoms with E-state index in [-0.39, 0.29) is 18.4 Å². The number of rotatable bonds is 2. The lowest BCUT2D eigenvalue weighted by molar-refractivity contribution is -0.137. The molecule has 0 saturated carbocycles. The zero-order valence-electron chi connectivity index (χ0n) is 13.3. The van der Waals surface area contributed by atoms with Gasteiger partial charge in [0.1, 0.15) is 11.4 Å². The molecule has 1 aliphatic rings. The number of aromatic nitrogens is 1. The molecule has 2 rings (SSSR count). The Bertz CT molecular complexity index is 570. The molecule has 128 valence electrons. The number of amides is 1. The van der Waals surface area contributed by atoms with Crippen molar-refractivity contribution in [2.75, 3.05) is 18.0 Å². The molecule has 8 heteroatoms. The first kappa shape index (κ1) is 17.4. The molecule has 1 aromatic heterocycles. The van der Waals surface area contributed by atoms with Gasteiger partial charge in [0.05, 0.1) is 11.6 Å². The van der Waals surface area contributed by atoms with Crippen LogP contribution in [0, 0.1) is 0 Å².